The number of β-amino-alcohol motifs (C(OH)–C–C–N with tert-alkyl or cyclic N) is 1. The van der Waals surface area contributed by atoms with Crippen molar-refractivity contribution < 1.29 is 32.2 Å². The second-order valence-corrected chi connectivity index (χ2v) is 5.81. The predicted molar refractivity (Wildman–Crippen MR) is 72.5 cm³/mol. The fourth-order valence-electron chi connectivity index (χ4n) is 2.79. The van der Waals surface area contributed by atoms with Crippen molar-refractivity contribution in [3.63, 3.8) is 0 Å². The highest BCUT2D eigenvalue weighted by Gasteiger charge is 2.44. The second-order valence-electron chi connectivity index (χ2n) is 5.81. The lowest BCUT2D eigenvalue weighted by Gasteiger charge is -2.35. The smallest absolute Gasteiger partial charge is 0.387 e. The number of rotatable bonds is 4. The molecule has 0 bridgehead atoms. The minimum Gasteiger partial charge on any atom is -0.387 e. The number of nitrogens with zero attached hydrogens (tertiary/aromatic N) is 1. The van der Waals surface area contributed by atoms with E-state index in [1.165, 1.54) is 6.07 Å². The zero-order valence-corrected chi connectivity index (χ0v) is 12.2. The molecular formula is C15H18F5NO2. The average Bonchev–Trinajstić information content (AvgIpc) is 2.49. The summed E-state index contributed by atoms with van der Waals surface area (Å²) in [6.07, 6.45) is -7.70. The highest BCUT2D eigenvalue weighted by molar-refractivity contribution is 5.20. The van der Waals surface area contributed by atoms with Gasteiger partial charge in [-0.05, 0) is 49.5 Å². The quantitative estimate of drug-likeness (QED) is 0.829. The third-order valence-corrected chi connectivity index (χ3v) is 4.17. The Morgan fingerprint density at radius 2 is 1.70 bits per heavy atom. The van der Waals surface area contributed by atoms with Crippen LogP contribution in [0.4, 0.5) is 22.0 Å². The highest BCUT2D eigenvalue weighted by Crippen LogP contribution is 2.32. The molecule has 2 N–H and O–H groups in total. The summed E-state index contributed by atoms with van der Waals surface area (Å²) in [7, 11) is 0. The Labute approximate surface area is 130 Å². The average molecular weight is 339 g/mol. The molecule has 2 rings (SSSR count). The van der Waals surface area contributed by atoms with Crippen LogP contribution in [0.3, 0.4) is 0 Å². The summed E-state index contributed by atoms with van der Waals surface area (Å²) in [4.78, 5) is 1.74. The number of aliphatic hydroxyl groups excluding tert-OH is 2. The highest BCUT2D eigenvalue weighted by atomic mass is 19.4. The van der Waals surface area contributed by atoms with Crippen LogP contribution in [0.2, 0.25) is 0 Å². The van der Waals surface area contributed by atoms with Crippen molar-refractivity contribution in [1.82, 2.24) is 4.90 Å². The summed E-state index contributed by atoms with van der Waals surface area (Å²) in [5, 5.41) is 19.3. The van der Waals surface area contributed by atoms with Gasteiger partial charge in [0.2, 0.25) is 0 Å². The van der Waals surface area contributed by atoms with Crippen LogP contribution < -0.4 is 0 Å². The minimum atomic E-state index is -4.63. The molecule has 130 valence electrons. The predicted octanol–water partition coefficient (Wildman–Crippen LogP) is 2.63. The van der Waals surface area contributed by atoms with E-state index in [4.69, 9.17) is 0 Å². The molecule has 2 atom stereocenters. The molecule has 0 radical (unpaired) electrons. The van der Waals surface area contributed by atoms with E-state index in [1.807, 2.05) is 0 Å². The number of alkyl halides is 3. The standard InChI is InChI=1S/C15H18F5NO2/c16-11-2-1-10(7-12(11)17)13(22)8-21-5-3-9(4-6-21)14(23)15(18,19)20/h1-2,7,9,13-14,22-23H,3-6,8H2. The molecule has 0 aliphatic carbocycles. The Balaban J connectivity index is 1.87. The van der Waals surface area contributed by atoms with Gasteiger partial charge >= 0.3 is 6.18 Å². The van der Waals surface area contributed by atoms with Crippen LogP contribution in [0.25, 0.3) is 0 Å². The first-order chi connectivity index (χ1) is 10.7. The van der Waals surface area contributed by atoms with E-state index in [0.717, 1.165) is 12.1 Å². The molecule has 1 saturated heterocycles. The number of halogens is 5. The van der Waals surface area contributed by atoms with Crippen LogP contribution in [-0.4, -0.2) is 47.0 Å². The third-order valence-electron chi connectivity index (χ3n) is 4.17. The van der Waals surface area contributed by atoms with Crippen molar-refractivity contribution in [3.05, 3.63) is 35.4 Å². The van der Waals surface area contributed by atoms with E-state index in [2.05, 4.69) is 0 Å². The number of aliphatic hydroxyl groups is 2. The summed E-state index contributed by atoms with van der Waals surface area (Å²) in [6.45, 7) is 0.691. The van der Waals surface area contributed by atoms with E-state index in [1.54, 1.807) is 4.90 Å². The van der Waals surface area contributed by atoms with E-state index in [-0.39, 0.29) is 24.9 Å². The molecule has 0 spiro atoms. The molecule has 1 fully saturated rings. The molecule has 2 unspecified atom stereocenters. The SMILES string of the molecule is OC(CN1CCC(C(O)C(F)(F)F)CC1)c1ccc(F)c(F)c1. The first kappa shape index (κ1) is 18.1. The van der Waals surface area contributed by atoms with Crippen molar-refractivity contribution >= 4 is 0 Å². The molecule has 0 saturated carbocycles. The zero-order valence-electron chi connectivity index (χ0n) is 12.2. The minimum absolute atomic E-state index is 0.111. The molecule has 3 nitrogen and oxygen atoms in total. The Kier molecular flexibility index (Phi) is 5.59. The number of piperidine rings is 1. The molecule has 0 aromatic heterocycles. The third kappa shape index (κ3) is 4.62. The van der Waals surface area contributed by atoms with Gasteiger partial charge in [0.25, 0.3) is 0 Å². The van der Waals surface area contributed by atoms with Crippen molar-refractivity contribution in [2.45, 2.75) is 31.2 Å². The maximum absolute atomic E-state index is 13.1. The molecule has 8 heteroatoms. The summed E-state index contributed by atoms with van der Waals surface area (Å²) >= 11 is 0. The van der Waals surface area contributed by atoms with Gasteiger partial charge in [-0.3, -0.25) is 0 Å². The lowest BCUT2D eigenvalue weighted by molar-refractivity contribution is -0.223. The zero-order chi connectivity index (χ0) is 17.2. The Morgan fingerprint density at radius 3 is 2.22 bits per heavy atom. The first-order valence-corrected chi connectivity index (χ1v) is 7.28. The fraction of sp³-hybridized carbons (Fsp3) is 0.600. The summed E-state index contributed by atoms with van der Waals surface area (Å²) in [5.41, 5.74) is 0.210. The van der Waals surface area contributed by atoms with Crippen molar-refractivity contribution in [1.29, 1.82) is 0 Å². The first-order valence-electron chi connectivity index (χ1n) is 7.28. The number of hydrogen-bond donors (Lipinski definition) is 2. The normalized spacial score (nSPS) is 20.5. The Hall–Kier alpha value is -1.25. The number of hydrogen-bond acceptors (Lipinski definition) is 3. The summed E-state index contributed by atoms with van der Waals surface area (Å²) < 4.78 is 63.4. The molecular weight excluding hydrogens is 321 g/mol. The van der Waals surface area contributed by atoms with E-state index in [0.29, 0.717) is 13.1 Å². The van der Waals surface area contributed by atoms with Crippen LogP contribution in [0.1, 0.15) is 24.5 Å². The van der Waals surface area contributed by atoms with Crippen LogP contribution in [0, 0.1) is 17.6 Å². The van der Waals surface area contributed by atoms with Crippen LogP contribution in [0.15, 0.2) is 18.2 Å². The van der Waals surface area contributed by atoms with E-state index >= 15 is 0 Å². The van der Waals surface area contributed by atoms with E-state index in [9.17, 15) is 32.2 Å². The van der Waals surface area contributed by atoms with Gasteiger partial charge in [0.1, 0.15) is 0 Å². The van der Waals surface area contributed by atoms with Gasteiger partial charge < -0.3 is 15.1 Å². The molecule has 1 aliphatic rings. The fourth-order valence-corrected chi connectivity index (χ4v) is 2.79. The molecule has 1 heterocycles. The lowest BCUT2D eigenvalue weighted by Crippen LogP contribution is -2.44. The second kappa shape index (κ2) is 7.11. The number of likely N-dealkylation sites (tertiary alicyclic amines) is 1. The number of benzene rings is 1. The van der Waals surface area contributed by atoms with Gasteiger partial charge in [-0.2, -0.15) is 13.2 Å². The van der Waals surface area contributed by atoms with Gasteiger partial charge in [0, 0.05) is 6.54 Å². The summed E-state index contributed by atoms with van der Waals surface area (Å²) in [5.74, 6) is -2.93. The monoisotopic (exact) mass is 339 g/mol. The molecule has 1 aliphatic heterocycles. The largest absolute Gasteiger partial charge is 0.414 e. The van der Waals surface area contributed by atoms with Crippen LogP contribution in [-0.2, 0) is 0 Å². The van der Waals surface area contributed by atoms with E-state index < -0.39 is 35.9 Å². The van der Waals surface area contributed by atoms with Crippen molar-refractivity contribution in [2.75, 3.05) is 19.6 Å². The van der Waals surface area contributed by atoms with Crippen molar-refractivity contribution in [2.24, 2.45) is 5.92 Å². The van der Waals surface area contributed by atoms with Gasteiger partial charge in [0.15, 0.2) is 17.7 Å². The molecule has 1 aromatic carbocycles. The maximum atomic E-state index is 13.1. The van der Waals surface area contributed by atoms with Crippen molar-refractivity contribution in [3.8, 4) is 0 Å². The van der Waals surface area contributed by atoms with Gasteiger partial charge in [-0.15, -0.1) is 0 Å². The Bertz CT molecular complexity index is 529. The molecule has 1 aromatic rings. The lowest BCUT2D eigenvalue weighted by atomic mass is 9.90. The Morgan fingerprint density at radius 1 is 1.09 bits per heavy atom. The summed E-state index contributed by atoms with van der Waals surface area (Å²) in [6, 6.07) is 3.09. The van der Waals surface area contributed by atoms with Crippen LogP contribution in [0.5, 0.6) is 0 Å². The topological polar surface area (TPSA) is 43.7 Å². The van der Waals surface area contributed by atoms with Gasteiger partial charge in [-0.1, -0.05) is 6.07 Å². The maximum Gasteiger partial charge on any atom is 0.414 e. The molecule has 0 amide bonds. The van der Waals surface area contributed by atoms with Gasteiger partial charge in [0.05, 0.1) is 6.10 Å². The molecule has 23 heavy (non-hydrogen) atoms. The van der Waals surface area contributed by atoms with Gasteiger partial charge in [-0.25, -0.2) is 8.78 Å². The van der Waals surface area contributed by atoms with Crippen LogP contribution >= 0.6 is 0 Å².